The topological polar surface area (TPSA) is 70.5 Å². The Morgan fingerprint density at radius 3 is 2.70 bits per heavy atom. The van der Waals surface area contributed by atoms with Gasteiger partial charge in [0.05, 0.1) is 10.6 Å². The summed E-state index contributed by atoms with van der Waals surface area (Å²) in [6, 6.07) is 1.30. The van der Waals surface area contributed by atoms with E-state index in [0.717, 1.165) is 0 Å². The fourth-order valence-corrected chi connectivity index (χ4v) is 3.96. The van der Waals surface area contributed by atoms with Crippen molar-refractivity contribution in [3.63, 3.8) is 0 Å². The largest absolute Gasteiger partial charge is 0.390 e. The van der Waals surface area contributed by atoms with Crippen LogP contribution in [0.3, 0.4) is 0 Å². The lowest BCUT2D eigenvalue weighted by Crippen LogP contribution is -2.33. The fourth-order valence-electron chi connectivity index (χ4n) is 2.17. The molecule has 1 saturated heterocycles. The van der Waals surface area contributed by atoms with Crippen LogP contribution in [0.1, 0.15) is 26.2 Å². The zero-order chi connectivity index (χ0) is 15.0. The Morgan fingerprint density at radius 1 is 1.35 bits per heavy atom. The standard InChI is InChI=1S/C12H16Cl2N2O3S/c1-12(17)3-2-5-16(6-4-12)20(18,19)9-7-10(13)11(14)15-8-9/h7-8,17H,2-6H2,1H3. The predicted octanol–water partition coefficient (Wildman–Crippen LogP) is 2.31. The van der Waals surface area contributed by atoms with Gasteiger partial charge in [-0.3, -0.25) is 0 Å². The third kappa shape index (κ3) is 3.43. The number of hydrogen-bond acceptors (Lipinski definition) is 4. The molecule has 1 aromatic heterocycles. The highest BCUT2D eigenvalue weighted by Gasteiger charge is 2.31. The van der Waals surface area contributed by atoms with Crippen LogP contribution in [0.25, 0.3) is 0 Å². The van der Waals surface area contributed by atoms with Crippen LogP contribution in [0.5, 0.6) is 0 Å². The number of rotatable bonds is 2. The maximum absolute atomic E-state index is 12.5. The van der Waals surface area contributed by atoms with E-state index in [9.17, 15) is 13.5 Å². The van der Waals surface area contributed by atoms with E-state index in [1.807, 2.05) is 0 Å². The lowest BCUT2D eigenvalue weighted by Gasteiger charge is -2.22. The van der Waals surface area contributed by atoms with Gasteiger partial charge in [-0.25, -0.2) is 13.4 Å². The molecule has 0 amide bonds. The molecule has 1 fully saturated rings. The molecule has 1 unspecified atom stereocenters. The molecule has 5 nitrogen and oxygen atoms in total. The first-order valence-electron chi connectivity index (χ1n) is 6.26. The van der Waals surface area contributed by atoms with Crippen molar-refractivity contribution in [2.24, 2.45) is 0 Å². The quantitative estimate of drug-likeness (QED) is 0.840. The van der Waals surface area contributed by atoms with Gasteiger partial charge >= 0.3 is 0 Å². The van der Waals surface area contributed by atoms with E-state index in [4.69, 9.17) is 23.2 Å². The fraction of sp³-hybridized carbons (Fsp3) is 0.583. The Bertz CT molecular complexity index is 605. The highest BCUT2D eigenvalue weighted by Crippen LogP contribution is 2.28. The van der Waals surface area contributed by atoms with E-state index in [0.29, 0.717) is 25.8 Å². The molecule has 8 heteroatoms. The van der Waals surface area contributed by atoms with Crippen molar-refractivity contribution in [1.82, 2.24) is 9.29 Å². The van der Waals surface area contributed by atoms with Gasteiger partial charge < -0.3 is 5.11 Å². The molecule has 2 heterocycles. The molecule has 1 aliphatic heterocycles. The summed E-state index contributed by atoms with van der Waals surface area (Å²) in [5.41, 5.74) is -0.819. The van der Waals surface area contributed by atoms with Gasteiger partial charge in [0, 0.05) is 19.3 Å². The van der Waals surface area contributed by atoms with E-state index >= 15 is 0 Å². The number of aromatic nitrogens is 1. The molecular weight excluding hydrogens is 323 g/mol. The lowest BCUT2D eigenvalue weighted by atomic mass is 9.98. The normalized spacial score (nSPS) is 25.4. The number of halogens is 2. The first-order valence-corrected chi connectivity index (χ1v) is 8.45. The van der Waals surface area contributed by atoms with E-state index in [-0.39, 0.29) is 21.6 Å². The van der Waals surface area contributed by atoms with Gasteiger partial charge in [-0.15, -0.1) is 0 Å². The number of pyridine rings is 1. The van der Waals surface area contributed by atoms with Gasteiger partial charge in [-0.1, -0.05) is 23.2 Å². The van der Waals surface area contributed by atoms with Crippen LogP contribution >= 0.6 is 23.2 Å². The van der Waals surface area contributed by atoms with E-state index in [1.165, 1.54) is 16.6 Å². The minimum absolute atomic E-state index is 0.0217. The summed E-state index contributed by atoms with van der Waals surface area (Å²) in [7, 11) is -3.66. The molecule has 1 N–H and O–H groups in total. The molecular formula is C12H16Cl2N2O3S. The Labute approximate surface area is 128 Å². The van der Waals surface area contributed by atoms with Crippen LogP contribution in [-0.2, 0) is 10.0 Å². The molecule has 0 aromatic carbocycles. The van der Waals surface area contributed by atoms with Gasteiger partial charge in [-0.2, -0.15) is 4.31 Å². The molecule has 1 atom stereocenters. The summed E-state index contributed by atoms with van der Waals surface area (Å²) in [4.78, 5) is 3.79. The van der Waals surface area contributed by atoms with Crippen molar-refractivity contribution < 1.29 is 13.5 Å². The maximum atomic E-state index is 12.5. The first-order chi connectivity index (χ1) is 9.22. The molecule has 0 spiro atoms. The number of nitrogens with zero attached hydrogens (tertiary/aromatic N) is 2. The minimum Gasteiger partial charge on any atom is -0.390 e. The average molecular weight is 339 g/mol. The van der Waals surface area contributed by atoms with Gasteiger partial charge in [0.1, 0.15) is 10.0 Å². The Hall–Kier alpha value is -0.400. The summed E-state index contributed by atoms with van der Waals surface area (Å²) < 4.78 is 26.4. The van der Waals surface area contributed by atoms with Crippen molar-refractivity contribution in [3.05, 3.63) is 22.4 Å². The van der Waals surface area contributed by atoms with Gasteiger partial charge in [0.15, 0.2) is 0 Å². The monoisotopic (exact) mass is 338 g/mol. The van der Waals surface area contributed by atoms with E-state index in [2.05, 4.69) is 4.98 Å². The summed E-state index contributed by atoms with van der Waals surface area (Å²) in [6.07, 6.45) is 2.80. The summed E-state index contributed by atoms with van der Waals surface area (Å²) in [5.74, 6) is 0. The van der Waals surface area contributed by atoms with Gasteiger partial charge in [-0.05, 0) is 32.3 Å². The Morgan fingerprint density at radius 2 is 2.05 bits per heavy atom. The second kappa shape index (κ2) is 5.77. The number of aliphatic hydroxyl groups is 1. The van der Waals surface area contributed by atoms with Crippen LogP contribution in [0.4, 0.5) is 0 Å². The van der Waals surface area contributed by atoms with Gasteiger partial charge in [0.25, 0.3) is 0 Å². The third-order valence-electron chi connectivity index (χ3n) is 3.43. The van der Waals surface area contributed by atoms with Crippen LogP contribution < -0.4 is 0 Å². The molecule has 0 aliphatic carbocycles. The first kappa shape index (κ1) is 16.0. The third-order valence-corrected chi connectivity index (χ3v) is 5.98. The van der Waals surface area contributed by atoms with Crippen LogP contribution in [0.15, 0.2) is 17.2 Å². The zero-order valence-corrected chi connectivity index (χ0v) is 13.3. The minimum atomic E-state index is -3.66. The summed E-state index contributed by atoms with van der Waals surface area (Å²) >= 11 is 11.5. The average Bonchev–Trinajstić information content (AvgIpc) is 2.54. The molecule has 0 bridgehead atoms. The number of hydrogen-bond donors (Lipinski definition) is 1. The van der Waals surface area contributed by atoms with Crippen molar-refractivity contribution in [2.45, 2.75) is 36.7 Å². The Kier molecular flexibility index (Phi) is 4.61. The molecule has 112 valence electrons. The Balaban J connectivity index is 2.28. The second-order valence-corrected chi connectivity index (χ2v) is 7.90. The molecule has 1 aliphatic rings. The van der Waals surface area contributed by atoms with E-state index < -0.39 is 15.6 Å². The number of sulfonamides is 1. The molecule has 0 saturated carbocycles. The zero-order valence-electron chi connectivity index (χ0n) is 11.0. The molecule has 20 heavy (non-hydrogen) atoms. The van der Waals surface area contributed by atoms with Crippen LogP contribution in [0.2, 0.25) is 10.2 Å². The molecule has 1 aromatic rings. The summed E-state index contributed by atoms with van der Waals surface area (Å²) in [5, 5.41) is 10.2. The predicted molar refractivity (Wildman–Crippen MR) is 77.5 cm³/mol. The highest BCUT2D eigenvalue weighted by molar-refractivity contribution is 7.89. The van der Waals surface area contributed by atoms with Gasteiger partial charge in [0.2, 0.25) is 10.0 Å². The van der Waals surface area contributed by atoms with Crippen molar-refractivity contribution in [3.8, 4) is 0 Å². The second-order valence-electron chi connectivity index (χ2n) is 5.20. The molecule has 0 radical (unpaired) electrons. The van der Waals surface area contributed by atoms with Crippen molar-refractivity contribution in [1.29, 1.82) is 0 Å². The highest BCUT2D eigenvalue weighted by atomic mass is 35.5. The van der Waals surface area contributed by atoms with Crippen molar-refractivity contribution in [2.75, 3.05) is 13.1 Å². The van der Waals surface area contributed by atoms with Crippen LogP contribution in [0, 0.1) is 0 Å². The smallest absolute Gasteiger partial charge is 0.244 e. The lowest BCUT2D eigenvalue weighted by molar-refractivity contribution is 0.0465. The van der Waals surface area contributed by atoms with E-state index in [1.54, 1.807) is 6.92 Å². The summed E-state index contributed by atoms with van der Waals surface area (Å²) in [6.45, 7) is 2.37. The van der Waals surface area contributed by atoms with Crippen molar-refractivity contribution >= 4 is 33.2 Å². The maximum Gasteiger partial charge on any atom is 0.244 e. The molecule has 2 rings (SSSR count). The van der Waals surface area contributed by atoms with Crippen LogP contribution in [-0.4, -0.2) is 41.5 Å². The SMILES string of the molecule is CC1(O)CCCN(S(=O)(=O)c2cnc(Cl)c(Cl)c2)CC1.